The van der Waals surface area contributed by atoms with Gasteiger partial charge in [0, 0.05) is 24.3 Å². The first-order chi connectivity index (χ1) is 12.1. The van der Waals surface area contributed by atoms with Crippen molar-refractivity contribution in [1.29, 1.82) is 0 Å². The van der Waals surface area contributed by atoms with Gasteiger partial charge in [-0.3, -0.25) is 9.59 Å². The maximum Gasteiger partial charge on any atom is 0.230 e. The van der Waals surface area contributed by atoms with Gasteiger partial charge in [0.05, 0.1) is 5.92 Å². The molecule has 1 aromatic heterocycles. The number of aryl methyl sites for hydroxylation is 2. The Hall–Kier alpha value is -2.69. The van der Waals surface area contributed by atoms with E-state index in [-0.39, 0.29) is 24.2 Å². The zero-order valence-electron chi connectivity index (χ0n) is 14.7. The first kappa shape index (κ1) is 17.1. The van der Waals surface area contributed by atoms with E-state index in [4.69, 9.17) is 0 Å². The Kier molecular flexibility index (Phi) is 5.12. The minimum atomic E-state index is -0.356. The maximum atomic E-state index is 12.5. The minimum absolute atomic E-state index is 0.0133. The number of aromatic nitrogens is 1. The van der Waals surface area contributed by atoms with E-state index in [1.54, 1.807) is 11.0 Å². The highest BCUT2D eigenvalue weighted by molar-refractivity contribution is 6.03. The number of pyridine rings is 1. The van der Waals surface area contributed by atoms with E-state index >= 15 is 0 Å². The van der Waals surface area contributed by atoms with Crippen LogP contribution in [0.3, 0.4) is 0 Å². The number of anilines is 2. The number of carbonyl (C=O) groups excluding carboxylic acids is 2. The molecule has 3 rings (SSSR count). The molecule has 5 nitrogen and oxygen atoms in total. The van der Waals surface area contributed by atoms with Crippen molar-refractivity contribution >= 4 is 23.3 Å². The lowest BCUT2D eigenvalue weighted by molar-refractivity contribution is -0.122. The second-order valence-corrected chi connectivity index (χ2v) is 6.48. The van der Waals surface area contributed by atoms with Crippen LogP contribution in [0, 0.1) is 12.8 Å². The number of carbonyl (C=O) groups is 2. The van der Waals surface area contributed by atoms with Crippen molar-refractivity contribution in [1.82, 2.24) is 4.98 Å². The highest BCUT2D eigenvalue weighted by Crippen LogP contribution is 2.26. The van der Waals surface area contributed by atoms with E-state index in [9.17, 15) is 9.59 Å². The van der Waals surface area contributed by atoms with Gasteiger partial charge in [0.15, 0.2) is 0 Å². The van der Waals surface area contributed by atoms with Gasteiger partial charge in [-0.15, -0.1) is 0 Å². The van der Waals surface area contributed by atoms with Crippen molar-refractivity contribution in [3.8, 4) is 0 Å². The van der Waals surface area contributed by atoms with Crippen LogP contribution in [0.5, 0.6) is 0 Å². The molecule has 0 radical (unpaired) electrons. The van der Waals surface area contributed by atoms with Crippen LogP contribution >= 0.6 is 0 Å². The van der Waals surface area contributed by atoms with Crippen molar-refractivity contribution in [3.05, 3.63) is 53.7 Å². The Labute approximate surface area is 148 Å². The molecule has 0 bridgehead atoms. The molecule has 1 aliphatic rings. The third-order valence-corrected chi connectivity index (χ3v) is 4.42. The summed E-state index contributed by atoms with van der Waals surface area (Å²) in [6.07, 6.45) is 2.36. The number of hydrogen-bond donors (Lipinski definition) is 1. The Morgan fingerprint density at radius 2 is 2.00 bits per heavy atom. The predicted octanol–water partition coefficient (Wildman–Crippen LogP) is 3.33. The molecule has 0 aliphatic carbocycles. The molecule has 2 aromatic rings. The molecule has 1 aromatic carbocycles. The van der Waals surface area contributed by atoms with Gasteiger partial charge < -0.3 is 10.2 Å². The van der Waals surface area contributed by atoms with Gasteiger partial charge in [-0.2, -0.15) is 0 Å². The molecule has 130 valence electrons. The molecular formula is C20H23N3O2. The fourth-order valence-electron chi connectivity index (χ4n) is 3.10. The number of nitrogens with zero attached hydrogens (tertiary/aromatic N) is 2. The van der Waals surface area contributed by atoms with E-state index < -0.39 is 0 Å². The van der Waals surface area contributed by atoms with E-state index in [1.807, 2.05) is 31.2 Å². The van der Waals surface area contributed by atoms with Gasteiger partial charge in [-0.1, -0.05) is 31.5 Å². The molecule has 25 heavy (non-hydrogen) atoms. The quantitative estimate of drug-likeness (QED) is 0.910. The standard InChI is InChI=1S/C20H23N3O2/c1-3-5-15-8-10-17(11-9-15)23-13-16(12-19(23)24)20(25)22-18-7-4-6-14(2)21-18/h4,6-11,16H,3,5,12-13H2,1-2H3,(H,21,22,25). The van der Waals surface area contributed by atoms with Crippen LogP contribution in [0.4, 0.5) is 11.5 Å². The van der Waals surface area contributed by atoms with Crippen molar-refractivity contribution < 1.29 is 9.59 Å². The van der Waals surface area contributed by atoms with Gasteiger partial charge in [-0.25, -0.2) is 4.98 Å². The summed E-state index contributed by atoms with van der Waals surface area (Å²) < 4.78 is 0. The molecule has 0 spiro atoms. The SMILES string of the molecule is CCCc1ccc(N2CC(C(=O)Nc3cccc(C)n3)CC2=O)cc1. The van der Waals surface area contributed by atoms with Gasteiger partial charge in [0.25, 0.3) is 0 Å². The van der Waals surface area contributed by atoms with Crippen molar-refractivity contribution in [2.75, 3.05) is 16.8 Å². The van der Waals surface area contributed by atoms with Crippen LogP contribution < -0.4 is 10.2 Å². The van der Waals surface area contributed by atoms with Crippen LogP contribution in [0.15, 0.2) is 42.5 Å². The van der Waals surface area contributed by atoms with E-state index in [0.717, 1.165) is 24.2 Å². The lowest BCUT2D eigenvalue weighted by Crippen LogP contribution is -2.28. The highest BCUT2D eigenvalue weighted by atomic mass is 16.2. The Morgan fingerprint density at radius 1 is 1.24 bits per heavy atom. The third-order valence-electron chi connectivity index (χ3n) is 4.42. The molecule has 5 heteroatoms. The molecule has 1 saturated heterocycles. The summed E-state index contributed by atoms with van der Waals surface area (Å²) in [6.45, 7) is 4.42. The molecule has 1 aliphatic heterocycles. The average Bonchev–Trinajstić information content (AvgIpc) is 2.98. The molecule has 1 atom stereocenters. The topological polar surface area (TPSA) is 62.3 Å². The minimum Gasteiger partial charge on any atom is -0.312 e. The van der Waals surface area contributed by atoms with E-state index in [2.05, 4.69) is 29.4 Å². The molecule has 2 heterocycles. The lowest BCUT2D eigenvalue weighted by atomic mass is 10.1. The van der Waals surface area contributed by atoms with Crippen molar-refractivity contribution in [3.63, 3.8) is 0 Å². The predicted molar refractivity (Wildman–Crippen MR) is 98.5 cm³/mol. The van der Waals surface area contributed by atoms with Crippen LogP contribution in [0.25, 0.3) is 0 Å². The van der Waals surface area contributed by atoms with Crippen LogP contribution in [0.2, 0.25) is 0 Å². The number of hydrogen-bond acceptors (Lipinski definition) is 3. The Bertz CT molecular complexity index is 771. The molecule has 0 saturated carbocycles. The summed E-state index contributed by atoms with van der Waals surface area (Å²) in [5.74, 6) is 0.00194. The van der Waals surface area contributed by atoms with Crippen LogP contribution in [-0.4, -0.2) is 23.3 Å². The molecule has 1 unspecified atom stereocenters. The third kappa shape index (κ3) is 4.05. The molecule has 1 fully saturated rings. The Balaban J connectivity index is 1.66. The summed E-state index contributed by atoms with van der Waals surface area (Å²) in [5, 5.41) is 2.81. The number of rotatable bonds is 5. The molecule has 1 N–H and O–H groups in total. The molecule has 2 amide bonds. The first-order valence-corrected chi connectivity index (χ1v) is 8.70. The summed E-state index contributed by atoms with van der Waals surface area (Å²) in [5.41, 5.74) is 2.96. The van der Waals surface area contributed by atoms with Crippen LogP contribution in [0.1, 0.15) is 31.0 Å². The zero-order chi connectivity index (χ0) is 17.8. The smallest absolute Gasteiger partial charge is 0.230 e. The van der Waals surface area contributed by atoms with Gasteiger partial charge >= 0.3 is 0 Å². The van der Waals surface area contributed by atoms with E-state index in [0.29, 0.717) is 12.4 Å². The number of benzene rings is 1. The fourth-order valence-corrected chi connectivity index (χ4v) is 3.10. The summed E-state index contributed by atoms with van der Waals surface area (Å²) in [6, 6.07) is 13.5. The maximum absolute atomic E-state index is 12.5. The highest BCUT2D eigenvalue weighted by Gasteiger charge is 2.35. The Morgan fingerprint density at radius 3 is 2.68 bits per heavy atom. The zero-order valence-corrected chi connectivity index (χ0v) is 14.7. The largest absolute Gasteiger partial charge is 0.312 e. The second-order valence-electron chi connectivity index (χ2n) is 6.48. The normalized spacial score (nSPS) is 17.0. The second kappa shape index (κ2) is 7.47. The first-order valence-electron chi connectivity index (χ1n) is 8.70. The van der Waals surface area contributed by atoms with Gasteiger partial charge in [0.2, 0.25) is 11.8 Å². The molecular weight excluding hydrogens is 314 g/mol. The monoisotopic (exact) mass is 337 g/mol. The summed E-state index contributed by atoms with van der Waals surface area (Å²) in [7, 11) is 0. The average molecular weight is 337 g/mol. The van der Waals surface area contributed by atoms with Gasteiger partial charge in [-0.05, 0) is 43.2 Å². The number of nitrogens with one attached hydrogen (secondary N) is 1. The fraction of sp³-hybridized carbons (Fsp3) is 0.350. The lowest BCUT2D eigenvalue weighted by Gasteiger charge is -2.17. The van der Waals surface area contributed by atoms with Crippen molar-refractivity contribution in [2.24, 2.45) is 5.92 Å². The van der Waals surface area contributed by atoms with Crippen molar-refractivity contribution in [2.45, 2.75) is 33.1 Å². The van der Waals surface area contributed by atoms with Crippen LogP contribution in [-0.2, 0) is 16.0 Å². The summed E-state index contributed by atoms with van der Waals surface area (Å²) in [4.78, 5) is 30.8. The van der Waals surface area contributed by atoms with Gasteiger partial charge in [0.1, 0.15) is 5.82 Å². The number of amides is 2. The van der Waals surface area contributed by atoms with E-state index in [1.165, 1.54) is 5.56 Å². The summed E-state index contributed by atoms with van der Waals surface area (Å²) >= 11 is 0.